The molecule has 0 radical (unpaired) electrons. The lowest BCUT2D eigenvalue weighted by molar-refractivity contribution is -0.116. The normalized spacial score (nSPS) is 23.6. The first-order chi connectivity index (χ1) is 7.69. The van der Waals surface area contributed by atoms with Crippen molar-refractivity contribution in [1.82, 2.24) is 0 Å². The Morgan fingerprint density at radius 2 is 2.12 bits per heavy atom. The molecule has 0 aromatic carbocycles. The molecule has 1 unspecified atom stereocenters. The highest BCUT2D eigenvalue weighted by molar-refractivity contribution is 5.97. The fourth-order valence-electron chi connectivity index (χ4n) is 2.05. The molecule has 0 spiro atoms. The maximum atomic E-state index is 11.7. The monoisotopic (exact) mass is 232 g/mol. The van der Waals surface area contributed by atoms with Crippen LogP contribution in [-0.2, 0) is 4.79 Å². The van der Waals surface area contributed by atoms with Crippen LogP contribution in [0.3, 0.4) is 0 Å². The molecule has 0 aromatic heterocycles. The Morgan fingerprint density at radius 3 is 2.65 bits per heavy atom. The molecule has 1 aliphatic rings. The van der Waals surface area contributed by atoms with Crippen molar-refractivity contribution in [2.75, 3.05) is 0 Å². The zero-order chi connectivity index (χ0) is 13.3. The van der Waals surface area contributed by atoms with E-state index in [2.05, 4.69) is 19.8 Å². The van der Waals surface area contributed by atoms with Gasteiger partial charge >= 0.3 is 0 Å². The summed E-state index contributed by atoms with van der Waals surface area (Å²) in [5, 5.41) is 9.75. The highest BCUT2D eigenvalue weighted by Gasteiger charge is 2.31. The average Bonchev–Trinajstić information content (AvgIpc) is 2.24. The first-order valence-corrected chi connectivity index (χ1v) is 5.83. The predicted molar refractivity (Wildman–Crippen MR) is 69.3 cm³/mol. The Labute approximate surface area is 103 Å². The van der Waals surface area contributed by atoms with E-state index in [0.717, 1.165) is 17.6 Å². The molecule has 2 nitrogen and oxygen atoms in total. The van der Waals surface area contributed by atoms with E-state index in [4.69, 9.17) is 6.42 Å². The van der Waals surface area contributed by atoms with Gasteiger partial charge in [0.1, 0.15) is 5.60 Å². The van der Waals surface area contributed by atoms with Crippen LogP contribution in [0.4, 0.5) is 0 Å². The van der Waals surface area contributed by atoms with Gasteiger partial charge in [-0.25, -0.2) is 0 Å². The van der Waals surface area contributed by atoms with Crippen molar-refractivity contribution < 1.29 is 9.90 Å². The molecule has 0 bridgehead atoms. The van der Waals surface area contributed by atoms with Crippen molar-refractivity contribution in [2.24, 2.45) is 5.41 Å². The van der Waals surface area contributed by atoms with Gasteiger partial charge in [-0.3, -0.25) is 4.79 Å². The predicted octanol–water partition coefficient (Wildman–Crippen LogP) is 2.63. The second-order valence-corrected chi connectivity index (χ2v) is 5.47. The lowest BCUT2D eigenvalue weighted by Crippen LogP contribution is -2.25. The van der Waals surface area contributed by atoms with Crippen molar-refractivity contribution in [3.63, 3.8) is 0 Å². The zero-order valence-electron chi connectivity index (χ0n) is 11.0. The van der Waals surface area contributed by atoms with Gasteiger partial charge in [0.2, 0.25) is 0 Å². The maximum absolute atomic E-state index is 11.7. The van der Waals surface area contributed by atoms with Gasteiger partial charge in [0.15, 0.2) is 5.78 Å². The highest BCUT2D eigenvalue weighted by Crippen LogP contribution is 2.39. The minimum atomic E-state index is -1.26. The summed E-state index contributed by atoms with van der Waals surface area (Å²) in [6.45, 7) is 7.60. The van der Waals surface area contributed by atoms with Gasteiger partial charge in [-0.1, -0.05) is 25.8 Å². The summed E-state index contributed by atoms with van der Waals surface area (Å²) in [5.41, 5.74) is 0.456. The molecular weight excluding hydrogens is 212 g/mol. The van der Waals surface area contributed by atoms with Crippen molar-refractivity contribution in [3.05, 3.63) is 23.3 Å². The Kier molecular flexibility index (Phi) is 3.64. The molecule has 2 heteroatoms. The number of aliphatic hydroxyl groups is 1. The van der Waals surface area contributed by atoms with Crippen molar-refractivity contribution >= 4 is 5.78 Å². The van der Waals surface area contributed by atoms with Crippen LogP contribution in [0.15, 0.2) is 23.3 Å². The van der Waals surface area contributed by atoms with Crippen LogP contribution in [0.1, 0.15) is 40.5 Å². The van der Waals surface area contributed by atoms with E-state index >= 15 is 0 Å². The SMILES string of the molecule is C#CC(C)(O)/C=C/C1=C(C)C(=O)CCC1(C)C. The number of carbonyl (C=O) groups is 1. The standard InChI is InChI=1S/C15H20O2/c1-6-15(5,17)10-7-12-11(2)13(16)8-9-14(12,3)4/h1,7,10,17H,8-9H2,2-5H3/b10-7+. The molecule has 1 atom stereocenters. The van der Waals surface area contributed by atoms with E-state index in [-0.39, 0.29) is 11.2 Å². The average molecular weight is 232 g/mol. The fraction of sp³-hybridized carbons (Fsp3) is 0.533. The van der Waals surface area contributed by atoms with Crippen molar-refractivity contribution in [1.29, 1.82) is 0 Å². The van der Waals surface area contributed by atoms with Gasteiger partial charge in [-0.2, -0.15) is 0 Å². The van der Waals surface area contributed by atoms with E-state index < -0.39 is 5.60 Å². The fourth-order valence-corrected chi connectivity index (χ4v) is 2.05. The molecule has 1 aliphatic carbocycles. The van der Waals surface area contributed by atoms with Crippen LogP contribution in [0.5, 0.6) is 0 Å². The second kappa shape index (κ2) is 4.50. The summed E-state index contributed by atoms with van der Waals surface area (Å²) in [4.78, 5) is 11.7. The van der Waals surface area contributed by atoms with Gasteiger partial charge in [-0.05, 0) is 42.9 Å². The third kappa shape index (κ3) is 3.08. The minimum Gasteiger partial charge on any atom is -0.374 e. The molecular formula is C15H20O2. The number of Topliss-reactive ketones (excluding diaryl/α,β-unsaturated/α-hetero) is 1. The van der Waals surface area contributed by atoms with Gasteiger partial charge in [-0.15, -0.1) is 6.42 Å². The molecule has 1 rings (SSSR count). The Bertz CT molecular complexity index is 428. The third-order valence-corrected chi connectivity index (χ3v) is 3.40. The van der Waals surface area contributed by atoms with Crippen LogP contribution >= 0.6 is 0 Å². The number of allylic oxidation sites excluding steroid dienone is 3. The smallest absolute Gasteiger partial charge is 0.158 e. The summed E-state index contributed by atoms with van der Waals surface area (Å²) in [5.74, 6) is 2.48. The highest BCUT2D eigenvalue weighted by atomic mass is 16.3. The lowest BCUT2D eigenvalue weighted by Gasteiger charge is -2.32. The first-order valence-electron chi connectivity index (χ1n) is 5.83. The van der Waals surface area contributed by atoms with Crippen LogP contribution in [-0.4, -0.2) is 16.5 Å². The van der Waals surface area contributed by atoms with Crippen LogP contribution in [0, 0.1) is 17.8 Å². The van der Waals surface area contributed by atoms with Gasteiger partial charge in [0.25, 0.3) is 0 Å². The number of hydrogen-bond acceptors (Lipinski definition) is 2. The summed E-state index contributed by atoms with van der Waals surface area (Å²) >= 11 is 0. The molecule has 0 saturated carbocycles. The molecule has 0 heterocycles. The summed E-state index contributed by atoms with van der Waals surface area (Å²) in [6, 6.07) is 0. The first kappa shape index (κ1) is 13.7. The summed E-state index contributed by atoms with van der Waals surface area (Å²) < 4.78 is 0. The topological polar surface area (TPSA) is 37.3 Å². The number of rotatable bonds is 2. The van der Waals surface area contributed by atoms with Gasteiger partial charge in [0, 0.05) is 6.42 Å². The Hall–Kier alpha value is -1.33. The second-order valence-electron chi connectivity index (χ2n) is 5.47. The Morgan fingerprint density at radius 1 is 1.53 bits per heavy atom. The van der Waals surface area contributed by atoms with Gasteiger partial charge in [0.05, 0.1) is 0 Å². The zero-order valence-corrected chi connectivity index (χ0v) is 11.0. The third-order valence-electron chi connectivity index (χ3n) is 3.40. The van der Waals surface area contributed by atoms with E-state index in [0.29, 0.717) is 6.42 Å². The summed E-state index contributed by atoms with van der Waals surface area (Å²) in [7, 11) is 0. The van der Waals surface area contributed by atoms with E-state index in [9.17, 15) is 9.90 Å². The van der Waals surface area contributed by atoms with E-state index in [1.807, 2.05) is 6.92 Å². The summed E-state index contributed by atoms with van der Waals surface area (Å²) in [6.07, 6.45) is 10.0. The van der Waals surface area contributed by atoms with E-state index in [1.54, 1.807) is 19.1 Å². The molecule has 0 aliphatic heterocycles. The quantitative estimate of drug-likeness (QED) is 0.743. The van der Waals surface area contributed by atoms with E-state index in [1.165, 1.54) is 0 Å². The maximum Gasteiger partial charge on any atom is 0.158 e. The van der Waals surface area contributed by atoms with Gasteiger partial charge < -0.3 is 5.11 Å². The number of hydrogen-bond donors (Lipinski definition) is 1. The molecule has 92 valence electrons. The molecule has 0 amide bonds. The molecule has 0 fully saturated rings. The van der Waals surface area contributed by atoms with Crippen LogP contribution < -0.4 is 0 Å². The molecule has 0 saturated heterocycles. The Balaban J connectivity index is 3.14. The number of carbonyl (C=O) groups excluding carboxylic acids is 1. The lowest BCUT2D eigenvalue weighted by atomic mass is 9.72. The molecule has 1 N–H and O–H groups in total. The number of ketones is 1. The number of terminal acetylenes is 1. The van der Waals surface area contributed by atoms with Crippen LogP contribution in [0.25, 0.3) is 0 Å². The van der Waals surface area contributed by atoms with Crippen molar-refractivity contribution in [2.45, 2.75) is 46.1 Å². The molecule has 17 heavy (non-hydrogen) atoms. The van der Waals surface area contributed by atoms with Crippen LogP contribution in [0.2, 0.25) is 0 Å². The van der Waals surface area contributed by atoms with Crippen molar-refractivity contribution in [3.8, 4) is 12.3 Å². The molecule has 0 aromatic rings. The largest absolute Gasteiger partial charge is 0.374 e. The minimum absolute atomic E-state index is 0.0425.